The maximum absolute atomic E-state index is 12.4. The first-order chi connectivity index (χ1) is 8.39. The average Bonchev–Trinajstić information content (AvgIpc) is 2.77. The van der Waals surface area contributed by atoms with Crippen LogP contribution in [0.25, 0.3) is 0 Å². The van der Waals surface area contributed by atoms with E-state index in [1.165, 1.54) is 0 Å². The molecule has 0 aliphatic heterocycles. The van der Waals surface area contributed by atoms with Gasteiger partial charge >= 0.3 is 6.18 Å². The second-order valence-corrected chi connectivity index (χ2v) is 4.70. The van der Waals surface area contributed by atoms with Crippen LogP contribution < -0.4 is 0 Å². The average molecular weight is 271 g/mol. The Labute approximate surface area is 105 Å². The number of carbonyl (C=O) groups is 1. The van der Waals surface area contributed by atoms with Gasteiger partial charge in [-0.3, -0.25) is 4.79 Å². The molecule has 0 amide bonds. The number of alkyl halides is 3. The Morgan fingerprint density at radius 1 is 1.28 bits per heavy atom. The molecule has 0 saturated heterocycles. The molecule has 0 bridgehead atoms. The fourth-order valence-corrected chi connectivity index (χ4v) is 2.21. The summed E-state index contributed by atoms with van der Waals surface area (Å²) in [7, 11) is 0. The Hall–Kier alpha value is -1.69. The summed E-state index contributed by atoms with van der Waals surface area (Å²) in [6.07, 6.45) is -3.53. The van der Waals surface area contributed by atoms with Crippen LogP contribution in [0.15, 0.2) is 30.5 Å². The Balaban J connectivity index is 2.36. The quantitative estimate of drug-likeness (QED) is 0.779. The number of aryl methyl sites for hydroxylation is 1. The SMILES string of the molecule is Cc1ccccc1C(=O)c1cnc(C(F)(F)F)s1. The van der Waals surface area contributed by atoms with Gasteiger partial charge in [0.15, 0.2) is 5.01 Å². The van der Waals surface area contributed by atoms with Crippen molar-refractivity contribution in [3.05, 3.63) is 51.5 Å². The van der Waals surface area contributed by atoms with Crippen LogP contribution in [0, 0.1) is 6.92 Å². The summed E-state index contributed by atoms with van der Waals surface area (Å²) in [5.41, 5.74) is 1.12. The maximum Gasteiger partial charge on any atom is 0.443 e. The fourth-order valence-electron chi connectivity index (χ4n) is 1.47. The molecule has 0 spiro atoms. The highest BCUT2D eigenvalue weighted by atomic mass is 32.1. The van der Waals surface area contributed by atoms with E-state index in [4.69, 9.17) is 0 Å². The monoisotopic (exact) mass is 271 g/mol. The zero-order chi connectivity index (χ0) is 13.3. The van der Waals surface area contributed by atoms with Crippen molar-refractivity contribution in [1.29, 1.82) is 0 Å². The summed E-state index contributed by atoms with van der Waals surface area (Å²) in [5, 5.41) is -1.00. The molecule has 0 atom stereocenters. The maximum atomic E-state index is 12.4. The van der Waals surface area contributed by atoms with Crippen molar-refractivity contribution >= 4 is 17.1 Å². The van der Waals surface area contributed by atoms with E-state index >= 15 is 0 Å². The van der Waals surface area contributed by atoms with Gasteiger partial charge in [0.05, 0.1) is 4.88 Å². The number of hydrogen-bond acceptors (Lipinski definition) is 3. The molecule has 1 aromatic carbocycles. The zero-order valence-electron chi connectivity index (χ0n) is 9.28. The predicted octanol–water partition coefficient (Wildman–Crippen LogP) is 3.70. The lowest BCUT2D eigenvalue weighted by molar-refractivity contribution is -0.137. The summed E-state index contributed by atoms with van der Waals surface area (Å²) >= 11 is 0.366. The summed E-state index contributed by atoms with van der Waals surface area (Å²) in [6.45, 7) is 1.74. The topological polar surface area (TPSA) is 30.0 Å². The molecule has 1 aromatic heterocycles. The lowest BCUT2D eigenvalue weighted by Crippen LogP contribution is -2.03. The van der Waals surface area contributed by atoms with Crippen molar-refractivity contribution in [1.82, 2.24) is 4.98 Å². The second kappa shape index (κ2) is 4.53. The van der Waals surface area contributed by atoms with Crippen molar-refractivity contribution in [2.24, 2.45) is 0 Å². The van der Waals surface area contributed by atoms with Gasteiger partial charge in [-0.15, -0.1) is 11.3 Å². The number of aromatic nitrogens is 1. The molecule has 2 nitrogen and oxygen atoms in total. The van der Waals surface area contributed by atoms with Crippen LogP contribution >= 0.6 is 11.3 Å². The summed E-state index contributed by atoms with van der Waals surface area (Å²) in [6, 6.07) is 6.76. The van der Waals surface area contributed by atoms with Crippen LogP contribution in [-0.2, 0) is 6.18 Å². The Bertz CT molecular complexity index is 589. The largest absolute Gasteiger partial charge is 0.443 e. The summed E-state index contributed by atoms with van der Waals surface area (Å²) in [4.78, 5) is 15.2. The first-order valence-corrected chi connectivity index (χ1v) is 5.84. The molecule has 0 N–H and O–H groups in total. The molecule has 0 fully saturated rings. The number of carbonyl (C=O) groups excluding carboxylic acids is 1. The third-order valence-corrected chi connectivity index (χ3v) is 3.40. The van der Waals surface area contributed by atoms with Gasteiger partial charge in [-0.2, -0.15) is 13.2 Å². The second-order valence-electron chi connectivity index (χ2n) is 3.67. The summed E-state index contributed by atoms with van der Waals surface area (Å²) < 4.78 is 37.1. The molecule has 0 saturated carbocycles. The van der Waals surface area contributed by atoms with Crippen LogP contribution in [0.1, 0.15) is 25.8 Å². The minimum atomic E-state index is -4.51. The number of nitrogens with zero attached hydrogens (tertiary/aromatic N) is 1. The van der Waals surface area contributed by atoms with Gasteiger partial charge in [0.1, 0.15) is 0 Å². The van der Waals surface area contributed by atoms with Crippen LogP contribution in [0.5, 0.6) is 0 Å². The Morgan fingerprint density at radius 2 is 1.94 bits per heavy atom. The van der Waals surface area contributed by atoms with Crippen LogP contribution in [0.2, 0.25) is 0 Å². The number of benzene rings is 1. The van der Waals surface area contributed by atoms with Crippen molar-refractivity contribution in [3.63, 3.8) is 0 Å². The van der Waals surface area contributed by atoms with E-state index in [1.54, 1.807) is 31.2 Å². The highest BCUT2D eigenvalue weighted by Gasteiger charge is 2.35. The van der Waals surface area contributed by atoms with Gasteiger partial charge in [0.2, 0.25) is 5.78 Å². The normalized spacial score (nSPS) is 11.6. The number of rotatable bonds is 2. The van der Waals surface area contributed by atoms with E-state index in [-0.39, 0.29) is 4.88 Å². The standard InChI is InChI=1S/C12H8F3NOS/c1-7-4-2-3-5-8(7)10(17)9-6-16-11(18-9)12(13,14)15/h2-6H,1H3. The lowest BCUT2D eigenvalue weighted by Gasteiger charge is -2.02. The third-order valence-electron chi connectivity index (χ3n) is 2.36. The first-order valence-electron chi connectivity index (χ1n) is 5.03. The predicted molar refractivity (Wildman–Crippen MR) is 61.7 cm³/mol. The lowest BCUT2D eigenvalue weighted by atomic mass is 10.0. The van der Waals surface area contributed by atoms with E-state index in [9.17, 15) is 18.0 Å². The Morgan fingerprint density at radius 3 is 2.50 bits per heavy atom. The molecule has 0 radical (unpaired) electrons. The molecule has 94 valence electrons. The van der Waals surface area contributed by atoms with E-state index in [0.717, 1.165) is 11.8 Å². The van der Waals surface area contributed by atoms with Crippen molar-refractivity contribution in [3.8, 4) is 0 Å². The van der Waals surface area contributed by atoms with Gasteiger partial charge in [-0.1, -0.05) is 24.3 Å². The smallest absolute Gasteiger partial charge is 0.288 e. The first kappa shape index (κ1) is 12.8. The minimum Gasteiger partial charge on any atom is -0.288 e. The van der Waals surface area contributed by atoms with E-state index in [0.29, 0.717) is 16.9 Å². The van der Waals surface area contributed by atoms with Crippen LogP contribution in [0.4, 0.5) is 13.2 Å². The Kier molecular flexibility index (Phi) is 3.21. The molecule has 2 aromatic rings. The number of thiazole rings is 1. The molecule has 18 heavy (non-hydrogen) atoms. The third kappa shape index (κ3) is 2.43. The number of hydrogen-bond donors (Lipinski definition) is 0. The molecule has 1 heterocycles. The highest BCUT2D eigenvalue weighted by molar-refractivity contribution is 7.14. The van der Waals surface area contributed by atoms with Gasteiger partial charge in [0, 0.05) is 11.8 Å². The molecule has 0 aliphatic rings. The van der Waals surface area contributed by atoms with Crippen molar-refractivity contribution in [2.45, 2.75) is 13.1 Å². The van der Waals surface area contributed by atoms with Crippen molar-refractivity contribution in [2.75, 3.05) is 0 Å². The fraction of sp³-hybridized carbons (Fsp3) is 0.167. The van der Waals surface area contributed by atoms with Gasteiger partial charge < -0.3 is 0 Å². The van der Waals surface area contributed by atoms with Crippen molar-refractivity contribution < 1.29 is 18.0 Å². The minimum absolute atomic E-state index is 0.00312. The molecule has 2 rings (SSSR count). The molecule has 0 unspecified atom stereocenters. The van der Waals surface area contributed by atoms with Crippen LogP contribution in [-0.4, -0.2) is 10.8 Å². The highest BCUT2D eigenvalue weighted by Crippen LogP contribution is 2.33. The molecule has 0 aliphatic carbocycles. The van der Waals surface area contributed by atoms with E-state index in [2.05, 4.69) is 4.98 Å². The number of halogens is 3. The van der Waals surface area contributed by atoms with E-state index in [1.807, 2.05) is 0 Å². The van der Waals surface area contributed by atoms with Gasteiger partial charge in [0.25, 0.3) is 0 Å². The zero-order valence-corrected chi connectivity index (χ0v) is 10.1. The van der Waals surface area contributed by atoms with Gasteiger partial charge in [-0.05, 0) is 12.5 Å². The summed E-state index contributed by atoms with van der Waals surface area (Å²) in [5.74, 6) is -0.430. The number of ketones is 1. The molecule has 6 heteroatoms. The van der Waals surface area contributed by atoms with Gasteiger partial charge in [-0.25, -0.2) is 4.98 Å². The van der Waals surface area contributed by atoms with E-state index < -0.39 is 17.0 Å². The molecular weight excluding hydrogens is 263 g/mol. The molecular formula is C12H8F3NOS. The van der Waals surface area contributed by atoms with Crippen LogP contribution in [0.3, 0.4) is 0 Å².